The van der Waals surface area contributed by atoms with Crippen molar-refractivity contribution in [1.29, 1.82) is 0 Å². The van der Waals surface area contributed by atoms with Crippen LogP contribution in [0.4, 0.5) is 0 Å². The second-order valence-electron chi connectivity index (χ2n) is 5.39. The number of nitrogens with one attached hydrogen (secondary N) is 1. The molecule has 1 heterocycles. The summed E-state index contributed by atoms with van der Waals surface area (Å²) in [5.74, 6) is 0.378. The van der Waals surface area contributed by atoms with Crippen LogP contribution in [-0.2, 0) is 9.53 Å². The first-order valence-electron chi connectivity index (χ1n) is 7.56. The van der Waals surface area contributed by atoms with Gasteiger partial charge in [0.15, 0.2) is 0 Å². The van der Waals surface area contributed by atoms with Gasteiger partial charge in [0.25, 0.3) is 0 Å². The summed E-state index contributed by atoms with van der Waals surface area (Å²) < 4.78 is 5.26. The Morgan fingerprint density at radius 3 is 2.44 bits per heavy atom. The summed E-state index contributed by atoms with van der Waals surface area (Å²) in [6.45, 7) is 3.06. The maximum atomic E-state index is 11.9. The number of carbonyl (C=O) groups is 1. The Kier molecular flexibility index (Phi) is 8.27. The molecule has 1 aliphatic heterocycles. The normalized spacial score (nSPS) is 23.4. The van der Waals surface area contributed by atoms with E-state index in [1.807, 2.05) is 0 Å². The van der Waals surface area contributed by atoms with Crippen LogP contribution < -0.4 is 5.32 Å². The number of methoxy groups -OCH3 is 1. The predicted molar refractivity (Wildman–Crippen MR) is 74.8 cm³/mol. The molecule has 3 nitrogen and oxygen atoms in total. The van der Waals surface area contributed by atoms with Gasteiger partial charge in [0.05, 0.1) is 12.1 Å². The van der Waals surface area contributed by atoms with Gasteiger partial charge in [0.1, 0.15) is 5.78 Å². The minimum Gasteiger partial charge on any atom is -0.380 e. The van der Waals surface area contributed by atoms with Gasteiger partial charge in [-0.05, 0) is 12.8 Å². The molecule has 0 bridgehead atoms. The quantitative estimate of drug-likeness (QED) is 0.610. The maximum absolute atomic E-state index is 11.9. The number of rotatable bonds is 10. The highest BCUT2D eigenvalue weighted by atomic mass is 16.5. The van der Waals surface area contributed by atoms with Crippen molar-refractivity contribution in [3.05, 3.63) is 0 Å². The van der Waals surface area contributed by atoms with Crippen molar-refractivity contribution in [2.45, 2.75) is 76.9 Å². The summed E-state index contributed by atoms with van der Waals surface area (Å²) in [7, 11) is 1.72. The first kappa shape index (κ1) is 15.6. The molecule has 2 unspecified atom stereocenters. The van der Waals surface area contributed by atoms with Gasteiger partial charge in [-0.1, -0.05) is 45.4 Å². The summed E-state index contributed by atoms with van der Waals surface area (Å²) in [4.78, 5) is 11.9. The van der Waals surface area contributed by atoms with Gasteiger partial charge in [0.2, 0.25) is 0 Å². The van der Waals surface area contributed by atoms with Crippen LogP contribution >= 0.6 is 0 Å². The molecule has 1 rings (SSSR count). The zero-order valence-corrected chi connectivity index (χ0v) is 12.0. The molecule has 18 heavy (non-hydrogen) atoms. The molecule has 0 amide bonds. The summed E-state index contributed by atoms with van der Waals surface area (Å²) in [5.41, 5.74) is 0. The van der Waals surface area contributed by atoms with Gasteiger partial charge in [-0.25, -0.2) is 0 Å². The monoisotopic (exact) mass is 255 g/mol. The van der Waals surface area contributed by atoms with Gasteiger partial charge in [-0.2, -0.15) is 0 Å². The number of hydrogen-bond acceptors (Lipinski definition) is 3. The van der Waals surface area contributed by atoms with Crippen molar-refractivity contribution < 1.29 is 9.53 Å². The average Bonchev–Trinajstić information content (AvgIpc) is 2.86. The predicted octanol–water partition coefficient (Wildman–Crippen LogP) is 3.07. The lowest BCUT2D eigenvalue weighted by Gasteiger charge is -2.09. The Hall–Kier alpha value is -0.410. The Bertz CT molecular complexity index is 231. The van der Waals surface area contributed by atoms with E-state index in [9.17, 15) is 4.79 Å². The minimum atomic E-state index is 0.0510. The van der Waals surface area contributed by atoms with Crippen molar-refractivity contribution in [2.24, 2.45) is 0 Å². The van der Waals surface area contributed by atoms with E-state index in [1.165, 1.54) is 38.5 Å². The lowest BCUT2D eigenvalue weighted by Crippen LogP contribution is -2.30. The highest BCUT2D eigenvalue weighted by Crippen LogP contribution is 2.14. The molecular weight excluding hydrogens is 226 g/mol. The Morgan fingerprint density at radius 1 is 1.17 bits per heavy atom. The molecule has 0 radical (unpaired) electrons. The van der Waals surface area contributed by atoms with Crippen molar-refractivity contribution >= 4 is 5.78 Å². The van der Waals surface area contributed by atoms with Crippen LogP contribution in [0.15, 0.2) is 0 Å². The van der Waals surface area contributed by atoms with Crippen LogP contribution in [0.25, 0.3) is 0 Å². The third kappa shape index (κ3) is 5.96. The topological polar surface area (TPSA) is 38.3 Å². The van der Waals surface area contributed by atoms with E-state index in [0.29, 0.717) is 5.78 Å². The van der Waals surface area contributed by atoms with Gasteiger partial charge >= 0.3 is 0 Å². The third-order valence-corrected chi connectivity index (χ3v) is 3.84. The molecule has 1 fully saturated rings. The zero-order valence-electron chi connectivity index (χ0n) is 12.0. The molecule has 0 aliphatic carbocycles. The molecule has 1 saturated heterocycles. The largest absolute Gasteiger partial charge is 0.380 e. The fourth-order valence-electron chi connectivity index (χ4n) is 2.56. The first-order chi connectivity index (χ1) is 8.77. The van der Waals surface area contributed by atoms with Gasteiger partial charge < -0.3 is 10.1 Å². The average molecular weight is 255 g/mol. The highest BCUT2D eigenvalue weighted by Gasteiger charge is 2.28. The number of Topliss-reactive ketones (excluding diaryl/α,β-unsaturated/α-hetero) is 1. The fourth-order valence-corrected chi connectivity index (χ4v) is 2.56. The van der Waals surface area contributed by atoms with Crippen molar-refractivity contribution in [2.75, 3.05) is 13.7 Å². The summed E-state index contributed by atoms with van der Waals surface area (Å²) >= 11 is 0. The van der Waals surface area contributed by atoms with E-state index in [4.69, 9.17) is 4.74 Å². The molecule has 0 saturated carbocycles. The molecule has 0 aromatic carbocycles. The molecule has 2 atom stereocenters. The van der Waals surface area contributed by atoms with E-state index in [2.05, 4.69) is 12.2 Å². The molecular formula is C15H29NO2. The first-order valence-corrected chi connectivity index (χ1v) is 7.56. The SMILES string of the molecule is CCCCCCCCCC(=O)C1CC(OC)CN1. The molecule has 3 heteroatoms. The van der Waals surface area contributed by atoms with Crippen LogP contribution in [0.2, 0.25) is 0 Å². The highest BCUT2D eigenvalue weighted by molar-refractivity contribution is 5.84. The number of unbranched alkanes of at least 4 members (excludes halogenated alkanes) is 6. The molecule has 0 aromatic heterocycles. The number of hydrogen-bond donors (Lipinski definition) is 1. The second-order valence-corrected chi connectivity index (χ2v) is 5.39. The molecule has 1 N–H and O–H groups in total. The Balaban J connectivity index is 1.97. The third-order valence-electron chi connectivity index (χ3n) is 3.84. The molecule has 0 aromatic rings. The van der Waals surface area contributed by atoms with Crippen LogP contribution in [0.1, 0.15) is 64.7 Å². The maximum Gasteiger partial charge on any atom is 0.149 e. The van der Waals surface area contributed by atoms with E-state index in [1.54, 1.807) is 7.11 Å². The molecule has 1 aliphatic rings. The zero-order chi connectivity index (χ0) is 13.2. The van der Waals surface area contributed by atoms with E-state index in [-0.39, 0.29) is 12.1 Å². The van der Waals surface area contributed by atoms with Crippen molar-refractivity contribution in [1.82, 2.24) is 5.32 Å². The fraction of sp³-hybridized carbons (Fsp3) is 0.933. The Labute approximate surface area is 112 Å². The van der Waals surface area contributed by atoms with E-state index in [0.717, 1.165) is 25.8 Å². The van der Waals surface area contributed by atoms with Crippen molar-refractivity contribution in [3.8, 4) is 0 Å². The summed E-state index contributed by atoms with van der Waals surface area (Å²) in [6, 6.07) is 0.0510. The summed E-state index contributed by atoms with van der Waals surface area (Å²) in [6.07, 6.45) is 10.7. The standard InChI is InChI=1S/C15H29NO2/c1-3-4-5-6-7-8-9-10-15(17)14-11-13(18-2)12-16-14/h13-14,16H,3-12H2,1-2H3. The van der Waals surface area contributed by atoms with E-state index >= 15 is 0 Å². The van der Waals surface area contributed by atoms with E-state index < -0.39 is 0 Å². The summed E-state index contributed by atoms with van der Waals surface area (Å²) in [5, 5.41) is 3.25. The smallest absolute Gasteiger partial charge is 0.149 e. The molecule has 0 spiro atoms. The van der Waals surface area contributed by atoms with Gasteiger partial charge in [-0.15, -0.1) is 0 Å². The van der Waals surface area contributed by atoms with Crippen LogP contribution in [0, 0.1) is 0 Å². The number of carbonyl (C=O) groups excluding carboxylic acids is 1. The van der Waals surface area contributed by atoms with Crippen LogP contribution in [0.5, 0.6) is 0 Å². The lowest BCUT2D eigenvalue weighted by molar-refractivity contribution is -0.121. The minimum absolute atomic E-state index is 0.0510. The number of ether oxygens (including phenoxy) is 1. The van der Waals surface area contributed by atoms with Gasteiger partial charge in [-0.3, -0.25) is 4.79 Å². The molecule has 106 valence electrons. The Morgan fingerprint density at radius 2 is 1.83 bits per heavy atom. The van der Waals surface area contributed by atoms with Crippen LogP contribution in [-0.4, -0.2) is 31.6 Å². The van der Waals surface area contributed by atoms with Gasteiger partial charge in [0, 0.05) is 20.1 Å². The lowest BCUT2D eigenvalue weighted by atomic mass is 10.0. The second kappa shape index (κ2) is 9.51. The number of ketones is 1. The van der Waals surface area contributed by atoms with Crippen molar-refractivity contribution in [3.63, 3.8) is 0 Å². The van der Waals surface area contributed by atoms with Crippen LogP contribution in [0.3, 0.4) is 0 Å².